The number of nitrogens with zero attached hydrogens (tertiary/aromatic N) is 2. The Morgan fingerprint density at radius 2 is 1.68 bits per heavy atom. The normalized spacial score (nSPS) is 23.3. The Hall–Kier alpha value is -1.55. The number of likely N-dealkylation sites (tertiary alicyclic amines) is 1. The van der Waals surface area contributed by atoms with Crippen LogP contribution in [-0.2, 0) is 4.79 Å². The van der Waals surface area contributed by atoms with Crippen molar-refractivity contribution in [3.05, 3.63) is 24.3 Å². The van der Waals surface area contributed by atoms with Crippen LogP contribution in [0.4, 0.5) is 11.4 Å². The predicted octanol–water partition coefficient (Wildman–Crippen LogP) is 3.10. The first kappa shape index (κ1) is 15.3. The minimum absolute atomic E-state index is 0.0236. The Morgan fingerprint density at radius 1 is 1.00 bits per heavy atom. The number of carbonyl (C=O) groups excluding carboxylic acids is 1. The summed E-state index contributed by atoms with van der Waals surface area (Å²) in [6.07, 6.45) is 7.23. The monoisotopic (exact) mass is 301 g/mol. The lowest BCUT2D eigenvalue weighted by atomic mass is 10.0. The molecule has 0 aliphatic carbocycles. The third-order valence-electron chi connectivity index (χ3n) is 4.93. The fourth-order valence-electron chi connectivity index (χ4n) is 3.54. The molecule has 1 N–H and O–H groups in total. The van der Waals surface area contributed by atoms with Crippen molar-refractivity contribution in [3.8, 4) is 0 Å². The number of nitrogens with one attached hydrogen (secondary N) is 1. The second-order valence-corrected chi connectivity index (χ2v) is 6.58. The van der Waals surface area contributed by atoms with Gasteiger partial charge in [-0.1, -0.05) is 6.42 Å². The third kappa shape index (κ3) is 3.61. The van der Waals surface area contributed by atoms with Gasteiger partial charge >= 0.3 is 0 Å². The van der Waals surface area contributed by atoms with E-state index in [9.17, 15) is 4.79 Å². The minimum atomic E-state index is 0.0236. The molecule has 4 nitrogen and oxygen atoms in total. The van der Waals surface area contributed by atoms with Gasteiger partial charge in [-0.3, -0.25) is 9.69 Å². The van der Waals surface area contributed by atoms with Crippen LogP contribution in [-0.4, -0.2) is 43.5 Å². The van der Waals surface area contributed by atoms with E-state index >= 15 is 0 Å². The SMILES string of the molecule is CN1CCCCC1C(=O)Nc1ccc(N2CCCCC2)cc1. The maximum atomic E-state index is 12.4. The second kappa shape index (κ2) is 7.14. The molecule has 1 aromatic rings. The minimum Gasteiger partial charge on any atom is -0.372 e. The highest BCUT2D eigenvalue weighted by Gasteiger charge is 2.25. The van der Waals surface area contributed by atoms with E-state index in [1.807, 2.05) is 19.2 Å². The average molecular weight is 301 g/mol. The van der Waals surface area contributed by atoms with Crippen molar-refractivity contribution in [3.63, 3.8) is 0 Å². The summed E-state index contributed by atoms with van der Waals surface area (Å²) in [5.74, 6) is 0.132. The van der Waals surface area contributed by atoms with Crippen molar-refractivity contribution < 1.29 is 4.79 Å². The quantitative estimate of drug-likeness (QED) is 0.932. The van der Waals surface area contributed by atoms with Crippen molar-refractivity contribution in [2.75, 3.05) is 36.9 Å². The van der Waals surface area contributed by atoms with Crippen LogP contribution in [0, 0.1) is 0 Å². The van der Waals surface area contributed by atoms with Gasteiger partial charge in [0.1, 0.15) is 0 Å². The van der Waals surface area contributed by atoms with Crippen molar-refractivity contribution in [2.45, 2.75) is 44.6 Å². The molecule has 0 spiro atoms. The topological polar surface area (TPSA) is 35.6 Å². The number of hydrogen-bond acceptors (Lipinski definition) is 3. The van der Waals surface area contributed by atoms with E-state index in [-0.39, 0.29) is 11.9 Å². The van der Waals surface area contributed by atoms with Gasteiger partial charge in [-0.2, -0.15) is 0 Å². The molecule has 0 saturated carbocycles. The molecule has 0 bridgehead atoms. The van der Waals surface area contributed by atoms with E-state index in [2.05, 4.69) is 27.2 Å². The molecule has 0 aromatic heterocycles. The molecule has 1 atom stereocenters. The molecule has 1 unspecified atom stereocenters. The van der Waals surface area contributed by atoms with Crippen LogP contribution in [0.3, 0.4) is 0 Å². The Balaban J connectivity index is 1.59. The van der Waals surface area contributed by atoms with E-state index in [1.165, 1.54) is 31.4 Å². The van der Waals surface area contributed by atoms with Crippen LogP contribution in [0.1, 0.15) is 38.5 Å². The van der Waals surface area contributed by atoms with Gasteiger partial charge < -0.3 is 10.2 Å². The largest absolute Gasteiger partial charge is 0.372 e. The van der Waals surface area contributed by atoms with Crippen LogP contribution in [0.5, 0.6) is 0 Å². The predicted molar refractivity (Wildman–Crippen MR) is 91.4 cm³/mol. The number of piperidine rings is 2. The zero-order valence-electron chi connectivity index (χ0n) is 13.6. The zero-order chi connectivity index (χ0) is 15.4. The Kier molecular flexibility index (Phi) is 4.98. The van der Waals surface area contributed by atoms with Crippen LogP contribution < -0.4 is 10.2 Å². The molecule has 2 heterocycles. The molecule has 22 heavy (non-hydrogen) atoms. The zero-order valence-corrected chi connectivity index (χ0v) is 13.6. The highest BCUT2D eigenvalue weighted by atomic mass is 16.2. The summed E-state index contributed by atoms with van der Waals surface area (Å²) in [4.78, 5) is 17.0. The van der Waals surface area contributed by atoms with E-state index in [4.69, 9.17) is 0 Å². The van der Waals surface area contributed by atoms with E-state index < -0.39 is 0 Å². The number of likely N-dealkylation sites (N-methyl/N-ethyl adjacent to an activating group) is 1. The lowest BCUT2D eigenvalue weighted by Crippen LogP contribution is -2.44. The highest BCUT2D eigenvalue weighted by Crippen LogP contribution is 2.22. The fourth-order valence-corrected chi connectivity index (χ4v) is 3.54. The maximum absolute atomic E-state index is 12.4. The molecular formula is C18H27N3O. The molecule has 2 saturated heterocycles. The van der Waals surface area contributed by atoms with Crippen LogP contribution in [0.15, 0.2) is 24.3 Å². The summed E-state index contributed by atoms with van der Waals surface area (Å²) < 4.78 is 0. The summed E-state index contributed by atoms with van der Waals surface area (Å²) in [5.41, 5.74) is 2.18. The molecule has 1 aromatic carbocycles. The Morgan fingerprint density at radius 3 is 2.36 bits per heavy atom. The van der Waals surface area contributed by atoms with Crippen molar-refractivity contribution in [1.29, 1.82) is 0 Å². The summed E-state index contributed by atoms with van der Waals surface area (Å²) >= 11 is 0. The van der Waals surface area contributed by atoms with Gasteiger partial charge in [0.05, 0.1) is 6.04 Å². The molecule has 0 radical (unpaired) electrons. The first-order chi connectivity index (χ1) is 10.7. The summed E-state index contributed by atoms with van der Waals surface area (Å²) in [7, 11) is 2.04. The smallest absolute Gasteiger partial charge is 0.241 e. The molecular weight excluding hydrogens is 274 g/mol. The number of rotatable bonds is 3. The van der Waals surface area contributed by atoms with Gasteiger partial charge in [0.15, 0.2) is 0 Å². The number of anilines is 2. The molecule has 3 rings (SSSR count). The fraction of sp³-hybridized carbons (Fsp3) is 0.611. The van der Waals surface area contributed by atoms with Crippen molar-refractivity contribution in [2.24, 2.45) is 0 Å². The van der Waals surface area contributed by atoms with E-state index in [0.717, 1.165) is 38.2 Å². The first-order valence-corrected chi connectivity index (χ1v) is 8.60. The lowest BCUT2D eigenvalue weighted by Gasteiger charge is -2.31. The maximum Gasteiger partial charge on any atom is 0.241 e. The van der Waals surface area contributed by atoms with Gasteiger partial charge in [-0.25, -0.2) is 0 Å². The van der Waals surface area contributed by atoms with Gasteiger partial charge in [0, 0.05) is 24.5 Å². The van der Waals surface area contributed by atoms with Crippen LogP contribution >= 0.6 is 0 Å². The number of amides is 1. The number of carbonyl (C=O) groups is 1. The number of benzene rings is 1. The van der Waals surface area contributed by atoms with Crippen molar-refractivity contribution >= 4 is 17.3 Å². The average Bonchev–Trinajstić information content (AvgIpc) is 2.57. The Bertz CT molecular complexity index is 494. The number of hydrogen-bond donors (Lipinski definition) is 1. The van der Waals surface area contributed by atoms with Crippen molar-refractivity contribution in [1.82, 2.24) is 4.90 Å². The highest BCUT2D eigenvalue weighted by molar-refractivity contribution is 5.95. The molecule has 2 aliphatic heterocycles. The summed E-state index contributed by atoms with van der Waals surface area (Å²) in [6, 6.07) is 8.35. The van der Waals surface area contributed by atoms with E-state index in [1.54, 1.807) is 0 Å². The molecule has 120 valence electrons. The standard InChI is InChI=1S/C18H27N3O/c1-20-12-6-3-7-17(20)18(22)19-15-8-10-16(11-9-15)21-13-4-2-5-14-21/h8-11,17H,2-7,12-14H2,1H3,(H,19,22). The van der Waals surface area contributed by atoms with Gasteiger partial charge in [-0.05, 0) is 70.0 Å². The first-order valence-electron chi connectivity index (χ1n) is 8.60. The Labute approximate surface area is 133 Å². The van der Waals surface area contributed by atoms with Crippen LogP contribution in [0.25, 0.3) is 0 Å². The molecule has 1 amide bonds. The molecule has 4 heteroatoms. The summed E-state index contributed by atoms with van der Waals surface area (Å²) in [6.45, 7) is 3.32. The molecule has 2 fully saturated rings. The molecule has 2 aliphatic rings. The van der Waals surface area contributed by atoms with E-state index in [0.29, 0.717) is 0 Å². The van der Waals surface area contributed by atoms with Gasteiger partial charge in [0.2, 0.25) is 5.91 Å². The second-order valence-electron chi connectivity index (χ2n) is 6.58. The lowest BCUT2D eigenvalue weighted by molar-refractivity contribution is -0.121. The van der Waals surface area contributed by atoms with Gasteiger partial charge in [0.25, 0.3) is 0 Å². The third-order valence-corrected chi connectivity index (χ3v) is 4.93. The summed E-state index contributed by atoms with van der Waals surface area (Å²) in [5, 5.41) is 3.07. The van der Waals surface area contributed by atoms with Crippen LogP contribution in [0.2, 0.25) is 0 Å². The van der Waals surface area contributed by atoms with Gasteiger partial charge in [-0.15, -0.1) is 0 Å².